The molecule has 0 bridgehead atoms. The van der Waals surface area contributed by atoms with E-state index < -0.39 is 0 Å². The van der Waals surface area contributed by atoms with Gasteiger partial charge in [0, 0.05) is 35.8 Å². The molecule has 0 aliphatic rings. The second-order valence-electron chi connectivity index (χ2n) is 3.32. The molecule has 0 aliphatic heterocycles. The summed E-state index contributed by atoms with van der Waals surface area (Å²) in [6, 6.07) is 5.59. The van der Waals surface area contributed by atoms with Crippen molar-refractivity contribution >= 4 is 17.2 Å². The van der Waals surface area contributed by atoms with E-state index >= 15 is 0 Å². The van der Waals surface area contributed by atoms with Crippen LogP contribution in [0.1, 0.15) is 0 Å². The standard InChI is InChI=1S/C11H7ClN4/c12-11-9(2-1-4-13-11)8-6-14-10-3-5-15-16(10)7-8/h1-7H. The fraction of sp³-hybridized carbons (Fsp3) is 0. The number of hydrogen-bond acceptors (Lipinski definition) is 3. The zero-order chi connectivity index (χ0) is 11.0. The number of fused-ring (bicyclic) bond motifs is 1. The summed E-state index contributed by atoms with van der Waals surface area (Å²) in [4.78, 5) is 8.30. The van der Waals surface area contributed by atoms with Crippen molar-refractivity contribution in [3.63, 3.8) is 0 Å². The molecule has 3 aromatic rings. The number of aromatic nitrogens is 4. The molecule has 0 aliphatic carbocycles. The van der Waals surface area contributed by atoms with Crippen LogP contribution in [0.3, 0.4) is 0 Å². The smallest absolute Gasteiger partial charge is 0.154 e. The van der Waals surface area contributed by atoms with Crippen molar-refractivity contribution < 1.29 is 0 Å². The first-order chi connectivity index (χ1) is 7.84. The first-order valence-corrected chi connectivity index (χ1v) is 5.13. The molecule has 0 spiro atoms. The number of halogens is 1. The Morgan fingerprint density at radius 2 is 2.06 bits per heavy atom. The van der Waals surface area contributed by atoms with Crippen LogP contribution in [-0.4, -0.2) is 19.6 Å². The lowest BCUT2D eigenvalue weighted by atomic mass is 10.1. The van der Waals surface area contributed by atoms with Gasteiger partial charge in [0.2, 0.25) is 0 Å². The first-order valence-electron chi connectivity index (χ1n) is 4.75. The zero-order valence-corrected chi connectivity index (χ0v) is 8.96. The highest BCUT2D eigenvalue weighted by molar-refractivity contribution is 6.32. The molecule has 0 unspecified atom stereocenters. The molecule has 78 valence electrons. The van der Waals surface area contributed by atoms with Crippen LogP contribution in [0.15, 0.2) is 43.0 Å². The molecule has 3 heterocycles. The predicted molar refractivity (Wildman–Crippen MR) is 61.2 cm³/mol. The molecular formula is C11H7ClN4. The van der Waals surface area contributed by atoms with E-state index in [2.05, 4.69) is 15.1 Å². The fourth-order valence-corrected chi connectivity index (χ4v) is 1.78. The third-order valence-electron chi connectivity index (χ3n) is 2.32. The van der Waals surface area contributed by atoms with Gasteiger partial charge in [-0.2, -0.15) is 5.10 Å². The lowest BCUT2D eigenvalue weighted by molar-refractivity contribution is 0.941. The van der Waals surface area contributed by atoms with Crippen molar-refractivity contribution in [3.05, 3.63) is 48.1 Å². The van der Waals surface area contributed by atoms with Gasteiger partial charge in [0.25, 0.3) is 0 Å². The van der Waals surface area contributed by atoms with Crippen molar-refractivity contribution in [1.29, 1.82) is 0 Å². The van der Waals surface area contributed by atoms with Crippen LogP contribution >= 0.6 is 11.6 Å². The third-order valence-corrected chi connectivity index (χ3v) is 2.62. The highest BCUT2D eigenvalue weighted by Crippen LogP contribution is 2.24. The van der Waals surface area contributed by atoms with Crippen LogP contribution in [0.25, 0.3) is 16.8 Å². The Balaban J connectivity index is 2.22. The fourth-order valence-electron chi connectivity index (χ4n) is 1.55. The number of pyridine rings is 1. The van der Waals surface area contributed by atoms with E-state index in [-0.39, 0.29) is 0 Å². The summed E-state index contributed by atoms with van der Waals surface area (Å²) in [7, 11) is 0. The topological polar surface area (TPSA) is 43.1 Å². The Morgan fingerprint density at radius 1 is 1.12 bits per heavy atom. The lowest BCUT2D eigenvalue weighted by Crippen LogP contribution is -1.92. The van der Waals surface area contributed by atoms with E-state index in [0.717, 1.165) is 16.8 Å². The summed E-state index contributed by atoms with van der Waals surface area (Å²) < 4.78 is 1.71. The van der Waals surface area contributed by atoms with Crippen molar-refractivity contribution in [1.82, 2.24) is 19.6 Å². The molecule has 0 aromatic carbocycles. The van der Waals surface area contributed by atoms with Crippen LogP contribution < -0.4 is 0 Å². The number of nitrogens with zero attached hydrogens (tertiary/aromatic N) is 4. The summed E-state index contributed by atoms with van der Waals surface area (Å²) in [5.74, 6) is 0. The Hall–Kier alpha value is -1.94. The Labute approximate surface area is 96.5 Å². The Bertz CT molecular complexity index is 647. The van der Waals surface area contributed by atoms with Gasteiger partial charge in [0.15, 0.2) is 5.65 Å². The van der Waals surface area contributed by atoms with E-state index in [9.17, 15) is 0 Å². The maximum absolute atomic E-state index is 6.02. The van der Waals surface area contributed by atoms with Crippen LogP contribution in [-0.2, 0) is 0 Å². The molecular weight excluding hydrogens is 224 g/mol. The Kier molecular flexibility index (Phi) is 2.08. The molecule has 4 nitrogen and oxygen atoms in total. The average molecular weight is 231 g/mol. The maximum Gasteiger partial charge on any atom is 0.154 e. The molecule has 0 atom stereocenters. The van der Waals surface area contributed by atoms with Crippen molar-refractivity contribution in [2.24, 2.45) is 0 Å². The second kappa shape index (κ2) is 3.57. The number of hydrogen-bond donors (Lipinski definition) is 0. The number of rotatable bonds is 1. The van der Waals surface area contributed by atoms with Crippen LogP contribution in [0.4, 0.5) is 0 Å². The molecule has 0 saturated carbocycles. The maximum atomic E-state index is 6.02. The predicted octanol–water partition coefficient (Wildman–Crippen LogP) is 2.44. The summed E-state index contributed by atoms with van der Waals surface area (Å²) >= 11 is 6.02. The van der Waals surface area contributed by atoms with E-state index in [0.29, 0.717) is 5.15 Å². The van der Waals surface area contributed by atoms with E-state index in [4.69, 9.17) is 11.6 Å². The molecule has 3 rings (SSSR count). The molecule has 5 heteroatoms. The summed E-state index contributed by atoms with van der Waals surface area (Å²) in [5, 5.41) is 4.59. The summed E-state index contributed by atoms with van der Waals surface area (Å²) in [6.45, 7) is 0. The Morgan fingerprint density at radius 3 is 2.94 bits per heavy atom. The van der Waals surface area contributed by atoms with E-state index in [1.807, 2.05) is 24.4 Å². The van der Waals surface area contributed by atoms with Crippen molar-refractivity contribution in [2.75, 3.05) is 0 Å². The third kappa shape index (κ3) is 1.44. The molecule has 16 heavy (non-hydrogen) atoms. The van der Waals surface area contributed by atoms with Gasteiger partial charge in [-0.1, -0.05) is 11.6 Å². The second-order valence-corrected chi connectivity index (χ2v) is 3.68. The summed E-state index contributed by atoms with van der Waals surface area (Å²) in [5.41, 5.74) is 2.56. The van der Waals surface area contributed by atoms with Crippen molar-refractivity contribution in [3.8, 4) is 11.1 Å². The lowest BCUT2D eigenvalue weighted by Gasteiger charge is -2.02. The SMILES string of the molecule is Clc1ncccc1-c1cnc2ccnn2c1. The van der Waals surface area contributed by atoms with Gasteiger partial charge in [-0.15, -0.1) is 0 Å². The summed E-state index contributed by atoms with van der Waals surface area (Å²) in [6.07, 6.45) is 7.01. The first kappa shape index (κ1) is 9.30. The van der Waals surface area contributed by atoms with E-state index in [1.54, 1.807) is 23.1 Å². The van der Waals surface area contributed by atoms with Crippen LogP contribution in [0.5, 0.6) is 0 Å². The van der Waals surface area contributed by atoms with Crippen LogP contribution in [0.2, 0.25) is 5.15 Å². The van der Waals surface area contributed by atoms with Crippen LogP contribution in [0, 0.1) is 0 Å². The molecule has 0 radical (unpaired) electrons. The van der Waals surface area contributed by atoms with Gasteiger partial charge in [-0.25, -0.2) is 14.5 Å². The van der Waals surface area contributed by atoms with Gasteiger partial charge in [0.05, 0.1) is 6.20 Å². The van der Waals surface area contributed by atoms with E-state index in [1.165, 1.54) is 0 Å². The van der Waals surface area contributed by atoms with Crippen molar-refractivity contribution in [2.45, 2.75) is 0 Å². The monoisotopic (exact) mass is 230 g/mol. The quantitative estimate of drug-likeness (QED) is 0.603. The van der Waals surface area contributed by atoms with Gasteiger partial charge < -0.3 is 0 Å². The normalized spacial score (nSPS) is 10.8. The largest absolute Gasteiger partial charge is 0.244 e. The minimum atomic E-state index is 0.468. The van der Waals surface area contributed by atoms with Gasteiger partial charge in [-0.3, -0.25) is 0 Å². The minimum absolute atomic E-state index is 0.468. The van der Waals surface area contributed by atoms with Gasteiger partial charge in [-0.05, 0) is 12.1 Å². The van der Waals surface area contributed by atoms with Gasteiger partial charge in [0.1, 0.15) is 5.15 Å². The molecule has 0 saturated heterocycles. The van der Waals surface area contributed by atoms with Gasteiger partial charge >= 0.3 is 0 Å². The average Bonchev–Trinajstić information content (AvgIpc) is 2.76. The molecule has 0 amide bonds. The molecule has 0 fully saturated rings. The highest BCUT2D eigenvalue weighted by atomic mass is 35.5. The molecule has 3 aromatic heterocycles. The zero-order valence-electron chi connectivity index (χ0n) is 8.21. The minimum Gasteiger partial charge on any atom is -0.244 e. The molecule has 0 N–H and O–H groups in total. The highest BCUT2D eigenvalue weighted by Gasteiger charge is 2.05.